The average molecular weight is 340 g/mol. The number of likely N-dealkylation sites (tertiary alicyclic amines) is 1. The van der Waals surface area contributed by atoms with Gasteiger partial charge in [-0.25, -0.2) is 0 Å². The highest BCUT2D eigenvalue weighted by Crippen LogP contribution is 2.25. The SMILES string of the molecule is CC(C(=O)N1CCCC(CC(N)=O)C1)C(N)c1ccccc1.Cl. The molecule has 0 aliphatic carbocycles. The van der Waals surface area contributed by atoms with E-state index in [2.05, 4.69) is 0 Å². The molecule has 0 spiro atoms. The number of halogens is 1. The first-order chi connectivity index (χ1) is 10.5. The lowest BCUT2D eigenvalue weighted by atomic mass is 9.90. The van der Waals surface area contributed by atoms with E-state index in [9.17, 15) is 9.59 Å². The maximum absolute atomic E-state index is 12.7. The van der Waals surface area contributed by atoms with Gasteiger partial charge in [0.2, 0.25) is 11.8 Å². The molecule has 0 bridgehead atoms. The molecule has 0 saturated carbocycles. The van der Waals surface area contributed by atoms with Crippen molar-refractivity contribution in [3.63, 3.8) is 0 Å². The maximum atomic E-state index is 12.7. The summed E-state index contributed by atoms with van der Waals surface area (Å²) in [5.74, 6) is -0.344. The smallest absolute Gasteiger partial charge is 0.227 e. The zero-order valence-corrected chi connectivity index (χ0v) is 14.3. The summed E-state index contributed by atoms with van der Waals surface area (Å²) in [6.07, 6.45) is 2.21. The van der Waals surface area contributed by atoms with E-state index in [4.69, 9.17) is 11.5 Å². The normalized spacial score (nSPS) is 20.3. The van der Waals surface area contributed by atoms with Gasteiger partial charge in [-0.05, 0) is 24.3 Å². The van der Waals surface area contributed by atoms with Crippen molar-refractivity contribution in [2.75, 3.05) is 13.1 Å². The Morgan fingerprint density at radius 3 is 2.57 bits per heavy atom. The van der Waals surface area contributed by atoms with Gasteiger partial charge in [-0.15, -0.1) is 12.4 Å². The number of nitrogens with zero attached hydrogens (tertiary/aromatic N) is 1. The molecule has 3 unspecified atom stereocenters. The summed E-state index contributed by atoms with van der Waals surface area (Å²) in [4.78, 5) is 25.6. The van der Waals surface area contributed by atoms with Gasteiger partial charge in [-0.2, -0.15) is 0 Å². The topological polar surface area (TPSA) is 89.4 Å². The summed E-state index contributed by atoms with van der Waals surface area (Å²) in [5, 5.41) is 0. The summed E-state index contributed by atoms with van der Waals surface area (Å²) >= 11 is 0. The second kappa shape index (κ2) is 8.89. The van der Waals surface area contributed by atoms with Crippen LogP contribution in [0.4, 0.5) is 0 Å². The predicted molar refractivity (Wildman–Crippen MR) is 92.9 cm³/mol. The number of benzene rings is 1. The molecule has 1 aliphatic rings. The number of piperidine rings is 1. The van der Waals surface area contributed by atoms with Crippen molar-refractivity contribution >= 4 is 24.2 Å². The highest BCUT2D eigenvalue weighted by atomic mass is 35.5. The molecular weight excluding hydrogens is 314 g/mol. The maximum Gasteiger partial charge on any atom is 0.227 e. The number of hydrogen-bond acceptors (Lipinski definition) is 3. The number of carbonyl (C=O) groups is 2. The number of primary amides is 1. The third kappa shape index (κ3) is 5.22. The Hall–Kier alpha value is -1.59. The van der Waals surface area contributed by atoms with E-state index in [1.807, 2.05) is 42.2 Å². The number of rotatable bonds is 5. The Morgan fingerprint density at radius 1 is 1.30 bits per heavy atom. The Balaban J connectivity index is 0.00000264. The molecule has 1 fully saturated rings. The lowest BCUT2D eigenvalue weighted by Gasteiger charge is -2.35. The molecule has 0 aromatic heterocycles. The predicted octanol–water partition coefficient (Wildman–Crippen LogP) is 1.86. The second-order valence-corrected chi connectivity index (χ2v) is 6.19. The third-order valence-corrected chi connectivity index (χ3v) is 4.43. The monoisotopic (exact) mass is 339 g/mol. The molecule has 1 aromatic carbocycles. The molecule has 1 heterocycles. The Kier molecular flexibility index (Phi) is 7.52. The van der Waals surface area contributed by atoms with Gasteiger partial charge in [0.1, 0.15) is 0 Å². The Morgan fingerprint density at radius 2 is 1.96 bits per heavy atom. The summed E-state index contributed by atoms with van der Waals surface area (Å²) < 4.78 is 0. The van der Waals surface area contributed by atoms with Crippen LogP contribution in [0, 0.1) is 11.8 Å². The lowest BCUT2D eigenvalue weighted by molar-refractivity contribution is -0.138. The van der Waals surface area contributed by atoms with E-state index < -0.39 is 0 Å². The molecule has 4 N–H and O–H groups in total. The molecule has 0 radical (unpaired) electrons. The molecule has 1 saturated heterocycles. The van der Waals surface area contributed by atoms with Crippen LogP contribution in [-0.2, 0) is 9.59 Å². The average Bonchev–Trinajstić information content (AvgIpc) is 2.53. The highest BCUT2D eigenvalue weighted by molar-refractivity contribution is 5.85. The fraction of sp³-hybridized carbons (Fsp3) is 0.529. The van der Waals surface area contributed by atoms with E-state index in [0.717, 1.165) is 24.9 Å². The third-order valence-electron chi connectivity index (χ3n) is 4.43. The number of nitrogens with two attached hydrogens (primary N) is 2. The molecule has 23 heavy (non-hydrogen) atoms. The van der Waals surface area contributed by atoms with Crippen LogP contribution in [0.1, 0.15) is 37.8 Å². The first-order valence-corrected chi connectivity index (χ1v) is 7.86. The van der Waals surface area contributed by atoms with E-state index in [0.29, 0.717) is 13.0 Å². The van der Waals surface area contributed by atoms with Crippen LogP contribution in [-0.4, -0.2) is 29.8 Å². The van der Waals surface area contributed by atoms with Crippen molar-refractivity contribution in [1.82, 2.24) is 4.90 Å². The highest BCUT2D eigenvalue weighted by Gasteiger charge is 2.30. The lowest BCUT2D eigenvalue weighted by Crippen LogP contribution is -2.45. The Labute approximate surface area is 143 Å². The summed E-state index contributed by atoms with van der Waals surface area (Å²) in [7, 11) is 0. The van der Waals surface area contributed by atoms with Gasteiger partial charge in [0, 0.05) is 25.6 Å². The molecule has 3 atom stereocenters. The fourth-order valence-electron chi connectivity index (χ4n) is 3.12. The van der Waals surface area contributed by atoms with Crippen LogP contribution in [0.2, 0.25) is 0 Å². The van der Waals surface area contributed by atoms with Crippen molar-refractivity contribution in [1.29, 1.82) is 0 Å². The molecule has 5 nitrogen and oxygen atoms in total. The van der Waals surface area contributed by atoms with Gasteiger partial charge < -0.3 is 16.4 Å². The molecule has 1 aromatic rings. The van der Waals surface area contributed by atoms with E-state index in [1.54, 1.807) is 0 Å². The van der Waals surface area contributed by atoms with Crippen LogP contribution >= 0.6 is 12.4 Å². The minimum atomic E-state index is -0.315. The quantitative estimate of drug-likeness (QED) is 0.858. The van der Waals surface area contributed by atoms with Crippen LogP contribution in [0.25, 0.3) is 0 Å². The summed E-state index contributed by atoms with van der Waals surface area (Å²) in [6.45, 7) is 3.21. The molecule has 1 aliphatic heterocycles. The first kappa shape index (κ1) is 19.5. The summed E-state index contributed by atoms with van der Waals surface area (Å²) in [5.41, 5.74) is 12.5. The van der Waals surface area contributed by atoms with Gasteiger partial charge in [-0.3, -0.25) is 9.59 Å². The van der Waals surface area contributed by atoms with Gasteiger partial charge in [0.25, 0.3) is 0 Å². The van der Waals surface area contributed by atoms with Crippen LogP contribution < -0.4 is 11.5 Å². The largest absolute Gasteiger partial charge is 0.370 e. The van der Waals surface area contributed by atoms with E-state index >= 15 is 0 Å². The standard InChI is InChI=1S/C17H25N3O2.ClH/c1-12(16(19)14-7-3-2-4-8-14)17(22)20-9-5-6-13(11-20)10-15(18)21;/h2-4,7-8,12-13,16H,5-6,9-11,19H2,1H3,(H2,18,21);1H. The number of amides is 2. The minimum Gasteiger partial charge on any atom is -0.370 e. The van der Waals surface area contributed by atoms with Gasteiger partial charge in [0.05, 0.1) is 5.92 Å². The molecule has 2 rings (SSSR count). The zero-order chi connectivity index (χ0) is 16.1. The first-order valence-electron chi connectivity index (χ1n) is 7.86. The van der Waals surface area contributed by atoms with E-state index in [-0.39, 0.29) is 42.1 Å². The van der Waals surface area contributed by atoms with Crippen molar-refractivity contribution in [2.24, 2.45) is 23.3 Å². The van der Waals surface area contributed by atoms with Crippen molar-refractivity contribution < 1.29 is 9.59 Å². The van der Waals surface area contributed by atoms with Crippen LogP contribution in [0.15, 0.2) is 30.3 Å². The van der Waals surface area contributed by atoms with Crippen molar-refractivity contribution in [3.8, 4) is 0 Å². The molecular formula is C17H26ClN3O2. The molecule has 2 amide bonds. The van der Waals surface area contributed by atoms with Crippen LogP contribution in [0.3, 0.4) is 0 Å². The fourth-order valence-corrected chi connectivity index (χ4v) is 3.12. The summed E-state index contributed by atoms with van der Waals surface area (Å²) in [6, 6.07) is 9.36. The van der Waals surface area contributed by atoms with Crippen LogP contribution in [0.5, 0.6) is 0 Å². The van der Waals surface area contributed by atoms with Gasteiger partial charge >= 0.3 is 0 Å². The minimum absolute atomic E-state index is 0. The number of hydrogen-bond donors (Lipinski definition) is 2. The van der Waals surface area contributed by atoms with Gasteiger partial charge in [0.15, 0.2) is 0 Å². The Bertz CT molecular complexity index is 524. The van der Waals surface area contributed by atoms with Crippen molar-refractivity contribution in [3.05, 3.63) is 35.9 Å². The zero-order valence-electron chi connectivity index (χ0n) is 13.5. The van der Waals surface area contributed by atoms with Gasteiger partial charge in [-0.1, -0.05) is 37.3 Å². The molecule has 128 valence electrons. The van der Waals surface area contributed by atoms with Crippen molar-refractivity contribution in [2.45, 2.75) is 32.2 Å². The number of carbonyl (C=O) groups excluding carboxylic acids is 2. The second-order valence-electron chi connectivity index (χ2n) is 6.19. The molecule has 6 heteroatoms. The van der Waals surface area contributed by atoms with E-state index in [1.165, 1.54) is 0 Å².